The third kappa shape index (κ3) is 2.50. The van der Waals surface area contributed by atoms with Crippen molar-refractivity contribution in [1.82, 2.24) is 0 Å². The van der Waals surface area contributed by atoms with Gasteiger partial charge in [0.15, 0.2) is 11.5 Å². The average molecular weight is 333 g/mol. The van der Waals surface area contributed by atoms with Gasteiger partial charge in [0, 0.05) is 23.6 Å². The molecule has 0 radical (unpaired) electrons. The second-order valence-electron chi connectivity index (χ2n) is 6.14. The number of carbonyl (C=O) groups is 1. The summed E-state index contributed by atoms with van der Waals surface area (Å²) in [6.45, 7) is 0. The van der Waals surface area contributed by atoms with Gasteiger partial charge in [0.05, 0.1) is 14.2 Å². The molecule has 1 aliphatic rings. The number of benzene rings is 3. The van der Waals surface area contributed by atoms with Crippen LogP contribution in [0.25, 0.3) is 10.8 Å². The average Bonchev–Trinajstić information content (AvgIpc) is 2.66. The van der Waals surface area contributed by atoms with Gasteiger partial charge in [-0.2, -0.15) is 0 Å². The highest BCUT2D eigenvalue weighted by atomic mass is 16.5. The molecule has 0 saturated carbocycles. The first-order chi connectivity index (χ1) is 12.2. The molecule has 0 aromatic heterocycles. The van der Waals surface area contributed by atoms with Gasteiger partial charge in [-0.15, -0.1) is 0 Å². The highest BCUT2D eigenvalue weighted by Gasteiger charge is 2.31. The monoisotopic (exact) mass is 333 g/mol. The quantitative estimate of drug-likeness (QED) is 0.776. The van der Waals surface area contributed by atoms with E-state index >= 15 is 0 Å². The Bertz CT molecular complexity index is 965. The van der Waals surface area contributed by atoms with Crippen LogP contribution in [0.4, 0.5) is 5.69 Å². The molecule has 0 aliphatic carbocycles. The van der Waals surface area contributed by atoms with Crippen LogP contribution in [0.1, 0.15) is 23.5 Å². The number of ether oxygens (including phenoxy) is 2. The molecule has 25 heavy (non-hydrogen) atoms. The molecule has 4 rings (SSSR count). The van der Waals surface area contributed by atoms with E-state index in [4.69, 9.17) is 9.47 Å². The number of hydrogen-bond acceptors (Lipinski definition) is 3. The molecule has 3 aromatic carbocycles. The van der Waals surface area contributed by atoms with Crippen LogP contribution in [-0.2, 0) is 4.79 Å². The summed E-state index contributed by atoms with van der Waals surface area (Å²) in [5, 5.41) is 5.31. The molecule has 1 unspecified atom stereocenters. The number of nitrogens with one attached hydrogen (secondary N) is 1. The van der Waals surface area contributed by atoms with Gasteiger partial charge in [-0.1, -0.05) is 42.5 Å². The minimum atomic E-state index is -0.0834. The van der Waals surface area contributed by atoms with Gasteiger partial charge in [0.2, 0.25) is 5.91 Å². The van der Waals surface area contributed by atoms with Crippen LogP contribution in [0.15, 0.2) is 54.6 Å². The summed E-state index contributed by atoms with van der Waals surface area (Å²) in [6, 6.07) is 18.1. The van der Waals surface area contributed by atoms with E-state index in [1.54, 1.807) is 14.2 Å². The summed E-state index contributed by atoms with van der Waals surface area (Å²) >= 11 is 0. The Kier molecular flexibility index (Phi) is 3.80. The van der Waals surface area contributed by atoms with Gasteiger partial charge in [0.1, 0.15) is 0 Å². The summed E-state index contributed by atoms with van der Waals surface area (Å²) in [5.41, 5.74) is 2.96. The molecule has 4 heteroatoms. The largest absolute Gasteiger partial charge is 0.493 e. The molecule has 0 fully saturated rings. The lowest BCUT2D eigenvalue weighted by Gasteiger charge is -2.29. The number of methoxy groups -OCH3 is 2. The van der Waals surface area contributed by atoms with Crippen molar-refractivity contribution in [2.24, 2.45) is 0 Å². The van der Waals surface area contributed by atoms with Crippen molar-refractivity contribution in [1.29, 1.82) is 0 Å². The number of rotatable bonds is 3. The van der Waals surface area contributed by atoms with Crippen molar-refractivity contribution in [3.05, 3.63) is 65.7 Å². The Labute approximate surface area is 146 Å². The van der Waals surface area contributed by atoms with Gasteiger partial charge in [-0.05, 0) is 28.5 Å². The van der Waals surface area contributed by atoms with Crippen LogP contribution in [0, 0.1) is 0 Å². The summed E-state index contributed by atoms with van der Waals surface area (Å²) in [4.78, 5) is 12.3. The lowest BCUT2D eigenvalue weighted by Crippen LogP contribution is -2.24. The molecular formula is C21H19NO3. The molecule has 1 aliphatic heterocycles. The van der Waals surface area contributed by atoms with E-state index in [1.807, 2.05) is 42.5 Å². The van der Waals surface area contributed by atoms with Gasteiger partial charge in [-0.3, -0.25) is 4.79 Å². The van der Waals surface area contributed by atoms with Crippen molar-refractivity contribution >= 4 is 22.4 Å². The molecule has 0 spiro atoms. The smallest absolute Gasteiger partial charge is 0.225 e. The molecule has 1 atom stereocenters. The Balaban J connectivity index is 1.99. The lowest BCUT2D eigenvalue weighted by molar-refractivity contribution is -0.116. The Hall–Kier alpha value is -3.01. The Morgan fingerprint density at radius 1 is 0.960 bits per heavy atom. The van der Waals surface area contributed by atoms with E-state index in [9.17, 15) is 4.79 Å². The summed E-state index contributed by atoms with van der Waals surface area (Å²) < 4.78 is 11.1. The number of fused-ring (bicyclic) bond motifs is 3. The number of hydrogen-bond donors (Lipinski definition) is 1. The standard InChI is InChI=1S/C21H19NO3/c1-24-18-9-5-8-15(21(18)25-2)16-12-19(23)22-17-11-10-13-6-3-4-7-14(13)20(16)17/h3-11,16H,12H2,1-2H3,(H,22,23). The van der Waals surface area contributed by atoms with Crippen LogP contribution >= 0.6 is 0 Å². The molecule has 3 aromatic rings. The summed E-state index contributed by atoms with van der Waals surface area (Å²) in [7, 11) is 3.26. The molecule has 1 amide bonds. The Morgan fingerprint density at radius 3 is 2.60 bits per heavy atom. The van der Waals surface area contributed by atoms with Crippen LogP contribution < -0.4 is 14.8 Å². The summed E-state index contributed by atoms with van der Waals surface area (Å²) in [5.74, 6) is 1.29. The van der Waals surface area contributed by atoms with Crippen LogP contribution in [0.2, 0.25) is 0 Å². The molecule has 4 nitrogen and oxygen atoms in total. The fraction of sp³-hybridized carbons (Fsp3) is 0.190. The maximum Gasteiger partial charge on any atom is 0.225 e. The number of para-hydroxylation sites is 1. The fourth-order valence-corrected chi connectivity index (χ4v) is 3.72. The molecular weight excluding hydrogens is 314 g/mol. The van der Waals surface area contributed by atoms with Crippen molar-refractivity contribution in [2.75, 3.05) is 19.5 Å². The second kappa shape index (κ2) is 6.13. The predicted octanol–water partition coefficient (Wildman–Crippen LogP) is 4.33. The zero-order chi connectivity index (χ0) is 17.4. The van der Waals surface area contributed by atoms with Crippen LogP contribution in [-0.4, -0.2) is 20.1 Å². The van der Waals surface area contributed by atoms with E-state index in [0.29, 0.717) is 17.9 Å². The number of anilines is 1. The van der Waals surface area contributed by atoms with E-state index in [2.05, 4.69) is 17.4 Å². The maximum absolute atomic E-state index is 12.3. The van der Waals surface area contributed by atoms with E-state index < -0.39 is 0 Å². The van der Waals surface area contributed by atoms with Gasteiger partial charge in [-0.25, -0.2) is 0 Å². The first kappa shape index (κ1) is 15.5. The zero-order valence-corrected chi connectivity index (χ0v) is 14.2. The molecule has 0 bridgehead atoms. The van der Waals surface area contributed by atoms with Crippen molar-refractivity contribution in [2.45, 2.75) is 12.3 Å². The molecule has 0 saturated heterocycles. The highest BCUT2D eigenvalue weighted by Crippen LogP contribution is 2.46. The number of carbonyl (C=O) groups excluding carboxylic acids is 1. The Morgan fingerprint density at radius 2 is 1.80 bits per heavy atom. The zero-order valence-electron chi connectivity index (χ0n) is 14.2. The van der Waals surface area contributed by atoms with Gasteiger partial charge >= 0.3 is 0 Å². The topological polar surface area (TPSA) is 47.6 Å². The third-order valence-electron chi connectivity index (χ3n) is 4.79. The first-order valence-electron chi connectivity index (χ1n) is 8.25. The lowest BCUT2D eigenvalue weighted by atomic mass is 9.81. The predicted molar refractivity (Wildman–Crippen MR) is 98.6 cm³/mol. The minimum Gasteiger partial charge on any atom is -0.493 e. The van der Waals surface area contributed by atoms with Crippen LogP contribution in [0.3, 0.4) is 0 Å². The van der Waals surface area contributed by atoms with E-state index in [1.165, 1.54) is 0 Å². The first-order valence-corrected chi connectivity index (χ1v) is 8.25. The van der Waals surface area contributed by atoms with Crippen LogP contribution in [0.5, 0.6) is 11.5 Å². The van der Waals surface area contributed by atoms with Crippen molar-refractivity contribution in [3.63, 3.8) is 0 Å². The highest BCUT2D eigenvalue weighted by molar-refractivity contribution is 6.01. The van der Waals surface area contributed by atoms with Gasteiger partial charge < -0.3 is 14.8 Å². The van der Waals surface area contributed by atoms with E-state index in [0.717, 1.165) is 27.6 Å². The van der Waals surface area contributed by atoms with Crippen molar-refractivity contribution < 1.29 is 14.3 Å². The molecule has 1 heterocycles. The summed E-state index contributed by atoms with van der Waals surface area (Å²) in [6.07, 6.45) is 0.379. The second-order valence-corrected chi connectivity index (χ2v) is 6.14. The van der Waals surface area contributed by atoms with Gasteiger partial charge in [0.25, 0.3) is 0 Å². The molecule has 1 N–H and O–H groups in total. The fourth-order valence-electron chi connectivity index (χ4n) is 3.72. The van der Waals surface area contributed by atoms with E-state index in [-0.39, 0.29) is 11.8 Å². The molecule has 126 valence electrons. The maximum atomic E-state index is 12.3. The SMILES string of the molecule is COc1cccc(C2CC(=O)Nc3ccc4ccccc4c32)c1OC. The number of amides is 1. The minimum absolute atomic E-state index is 0.0117. The normalized spacial score (nSPS) is 16.2. The van der Waals surface area contributed by atoms with Crippen molar-refractivity contribution in [3.8, 4) is 11.5 Å². The third-order valence-corrected chi connectivity index (χ3v) is 4.79.